The van der Waals surface area contributed by atoms with E-state index in [0.29, 0.717) is 11.4 Å². The highest BCUT2D eigenvalue weighted by molar-refractivity contribution is 6.51. The van der Waals surface area contributed by atoms with Crippen LogP contribution in [-0.4, -0.2) is 16.5 Å². The molecule has 0 saturated carbocycles. The van der Waals surface area contributed by atoms with E-state index in [1.807, 2.05) is 18.2 Å². The number of hydrogen-bond acceptors (Lipinski definition) is 4. The van der Waals surface area contributed by atoms with Crippen LogP contribution in [0.25, 0.3) is 0 Å². The first-order valence-corrected chi connectivity index (χ1v) is 5.28. The molecule has 0 aliphatic carbocycles. The van der Waals surface area contributed by atoms with Gasteiger partial charge in [-0.15, -0.1) is 0 Å². The van der Waals surface area contributed by atoms with Gasteiger partial charge >= 0.3 is 0 Å². The van der Waals surface area contributed by atoms with E-state index in [1.165, 1.54) is 0 Å². The molecule has 0 saturated heterocycles. The number of nitrogens with zero attached hydrogens (tertiary/aromatic N) is 2. The van der Waals surface area contributed by atoms with Crippen molar-refractivity contribution in [1.29, 1.82) is 5.26 Å². The first kappa shape index (κ1) is 11.6. The lowest BCUT2D eigenvalue weighted by Gasteiger charge is -2.00. The van der Waals surface area contributed by atoms with E-state index in [1.54, 1.807) is 36.5 Å². The molecule has 1 heterocycles. The van der Waals surface area contributed by atoms with E-state index in [2.05, 4.69) is 15.5 Å². The summed E-state index contributed by atoms with van der Waals surface area (Å²) in [7, 11) is 0. The van der Waals surface area contributed by atoms with Gasteiger partial charge in [0.1, 0.15) is 6.07 Å². The van der Waals surface area contributed by atoms with E-state index in [4.69, 9.17) is 5.26 Å². The monoisotopic (exact) mass is 238 g/mol. The molecule has 88 valence electrons. The molecular formula is C13H10N4O. The minimum Gasteiger partial charge on any atom is -0.358 e. The van der Waals surface area contributed by atoms with Crippen LogP contribution in [0.4, 0.5) is 5.69 Å². The molecule has 0 radical (unpaired) electrons. The number of nitriles is 1. The van der Waals surface area contributed by atoms with Gasteiger partial charge in [0.15, 0.2) is 0 Å². The highest BCUT2D eigenvalue weighted by Gasteiger charge is 2.14. The van der Waals surface area contributed by atoms with Crippen LogP contribution in [0.1, 0.15) is 10.5 Å². The Bertz CT molecular complexity index is 594. The molecule has 0 aliphatic rings. The number of carbonyl (C=O) groups is 1. The van der Waals surface area contributed by atoms with Crippen LogP contribution < -0.4 is 5.43 Å². The third-order valence-electron chi connectivity index (χ3n) is 2.23. The molecule has 0 fully saturated rings. The molecule has 0 unspecified atom stereocenters. The Labute approximate surface area is 104 Å². The number of anilines is 1. The zero-order chi connectivity index (χ0) is 12.8. The zero-order valence-electron chi connectivity index (χ0n) is 9.42. The van der Waals surface area contributed by atoms with Gasteiger partial charge in [0, 0.05) is 6.20 Å². The van der Waals surface area contributed by atoms with Crippen LogP contribution >= 0.6 is 0 Å². The van der Waals surface area contributed by atoms with Gasteiger partial charge < -0.3 is 4.98 Å². The predicted octanol–water partition coefficient (Wildman–Crippen LogP) is 2.19. The largest absolute Gasteiger partial charge is 0.358 e. The summed E-state index contributed by atoms with van der Waals surface area (Å²) in [6.45, 7) is 0. The van der Waals surface area contributed by atoms with Crippen molar-refractivity contribution in [2.75, 3.05) is 5.43 Å². The number of aromatic nitrogens is 1. The summed E-state index contributed by atoms with van der Waals surface area (Å²) in [6.07, 6.45) is 1.62. The molecule has 0 amide bonds. The molecule has 1 aromatic carbocycles. The molecular weight excluding hydrogens is 228 g/mol. The zero-order valence-corrected chi connectivity index (χ0v) is 9.42. The second-order valence-electron chi connectivity index (χ2n) is 3.46. The number of hydrazone groups is 1. The lowest BCUT2D eigenvalue weighted by molar-refractivity contribution is 0.106. The molecule has 5 heteroatoms. The third-order valence-corrected chi connectivity index (χ3v) is 2.23. The Kier molecular flexibility index (Phi) is 3.52. The molecule has 0 aliphatic heterocycles. The number of Topliss-reactive ketones (excluding diaryl/α,β-unsaturated/α-hetero) is 1. The number of rotatable bonds is 4. The molecule has 2 rings (SSSR count). The number of aromatic amines is 1. The van der Waals surface area contributed by atoms with Crippen LogP contribution in [0.3, 0.4) is 0 Å². The summed E-state index contributed by atoms with van der Waals surface area (Å²) in [5.41, 5.74) is 3.53. The number of hydrogen-bond donors (Lipinski definition) is 2. The summed E-state index contributed by atoms with van der Waals surface area (Å²) < 4.78 is 0. The minimum absolute atomic E-state index is 0.193. The fourth-order valence-corrected chi connectivity index (χ4v) is 1.36. The number of ketones is 1. The van der Waals surface area contributed by atoms with E-state index in [9.17, 15) is 4.79 Å². The van der Waals surface area contributed by atoms with Crippen LogP contribution in [0.2, 0.25) is 0 Å². The van der Waals surface area contributed by atoms with Crippen LogP contribution in [0.15, 0.2) is 53.8 Å². The molecule has 2 aromatic rings. The van der Waals surface area contributed by atoms with Crippen molar-refractivity contribution in [3.63, 3.8) is 0 Å². The van der Waals surface area contributed by atoms with Crippen molar-refractivity contribution in [3.8, 4) is 6.07 Å². The van der Waals surface area contributed by atoms with E-state index < -0.39 is 5.78 Å². The maximum atomic E-state index is 11.8. The van der Waals surface area contributed by atoms with E-state index >= 15 is 0 Å². The highest BCUT2D eigenvalue weighted by atomic mass is 16.1. The lowest BCUT2D eigenvalue weighted by Crippen LogP contribution is -2.14. The fourth-order valence-electron chi connectivity index (χ4n) is 1.36. The Morgan fingerprint density at radius 1 is 1.22 bits per heavy atom. The number of para-hydroxylation sites is 1. The summed E-state index contributed by atoms with van der Waals surface area (Å²) >= 11 is 0. The maximum absolute atomic E-state index is 11.8. The van der Waals surface area contributed by atoms with Crippen molar-refractivity contribution < 1.29 is 4.79 Å². The lowest BCUT2D eigenvalue weighted by atomic mass is 10.2. The van der Waals surface area contributed by atoms with Crippen molar-refractivity contribution in [2.45, 2.75) is 0 Å². The van der Waals surface area contributed by atoms with Gasteiger partial charge in [-0.05, 0) is 24.3 Å². The Hall–Kier alpha value is -2.87. The van der Waals surface area contributed by atoms with Gasteiger partial charge in [-0.1, -0.05) is 18.2 Å². The Balaban J connectivity index is 2.15. The van der Waals surface area contributed by atoms with Crippen molar-refractivity contribution >= 4 is 17.2 Å². The van der Waals surface area contributed by atoms with E-state index in [0.717, 1.165) is 0 Å². The predicted molar refractivity (Wildman–Crippen MR) is 68.2 cm³/mol. The Morgan fingerprint density at radius 3 is 2.61 bits per heavy atom. The summed E-state index contributed by atoms with van der Waals surface area (Å²) in [6, 6.07) is 14.2. The summed E-state index contributed by atoms with van der Waals surface area (Å²) in [4.78, 5) is 14.6. The van der Waals surface area contributed by atoms with Crippen LogP contribution in [-0.2, 0) is 0 Å². The van der Waals surface area contributed by atoms with Gasteiger partial charge in [-0.2, -0.15) is 10.4 Å². The van der Waals surface area contributed by atoms with Crippen molar-refractivity contribution in [3.05, 3.63) is 54.4 Å². The van der Waals surface area contributed by atoms with Crippen molar-refractivity contribution in [1.82, 2.24) is 4.98 Å². The van der Waals surface area contributed by atoms with E-state index in [-0.39, 0.29) is 5.71 Å². The normalized spacial score (nSPS) is 10.7. The quantitative estimate of drug-likeness (QED) is 0.486. The van der Waals surface area contributed by atoms with Crippen LogP contribution in [0, 0.1) is 11.3 Å². The third kappa shape index (κ3) is 2.62. The molecule has 5 nitrogen and oxygen atoms in total. The summed E-state index contributed by atoms with van der Waals surface area (Å²) in [5.74, 6) is -0.439. The van der Waals surface area contributed by atoms with Crippen LogP contribution in [0.5, 0.6) is 0 Å². The average Bonchev–Trinajstić information content (AvgIpc) is 2.94. The van der Waals surface area contributed by atoms with Gasteiger partial charge in [-0.3, -0.25) is 10.2 Å². The maximum Gasteiger partial charge on any atom is 0.240 e. The Morgan fingerprint density at radius 2 is 2.00 bits per heavy atom. The number of carbonyl (C=O) groups excluding carboxylic acids is 1. The molecule has 1 aromatic heterocycles. The second-order valence-corrected chi connectivity index (χ2v) is 3.46. The van der Waals surface area contributed by atoms with Gasteiger partial charge in [0.05, 0.1) is 11.4 Å². The number of H-pyrrole nitrogens is 1. The minimum atomic E-state index is -0.439. The second kappa shape index (κ2) is 5.46. The highest BCUT2D eigenvalue weighted by Crippen LogP contribution is 2.05. The smallest absolute Gasteiger partial charge is 0.240 e. The first-order valence-electron chi connectivity index (χ1n) is 5.28. The van der Waals surface area contributed by atoms with Gasteiger partial charge in [0.25, 0.3) is 0 Å². The molecule has 18 heavy (non-hydrogen) atoms. The SMILES string of the molecule is N#C/C(=N\Nc1ccccc1)C(=O)c1ccc[nH]1. The molecule has 2 N–H and O–H groups in total. The first-order chi connectivity index (χ1) is 8.81. The van der Waals surface area contributed by atoms with Gasteiger partial charge in [0.2, 0.25) is 11.5 Å². The standard InChI is InChI=1S/C13H10N4O/c14-9-12(13(18)11-7-4-8-15-11)17-16-10-5-2-1-3-6-10/h1-8,15-16H/b17-12+. The fraction of sp³-hybridized carbons (Fsp3) is 0. The van der Waals surface area contributed by atoms with Gasteiger partial charge in [-0.25, -0.2) is 0 Å². The number of benzene rings is 1. The molecule has 0 bridgehead atoms. The average molecular weight is 238 g/mol. The molecule has 0 spiro atoms. The van der Waals surface area contributed by atoms with Crippen molar-refractivity contribution in [2.24, 2.45) is 5.10 Å². The molecule has 0 atom stereocenters. The summed E-state index contributed by atoms with van der Waals surface area (Å²) in [5, 5.41) is 12.7. The number of nitrogens with one attached hydrogen (secondary N) is 2. The topological polar surface area (TPSA) is 81.0 Å².